The fourth-order valence-electron chi connectivity index (χ4n) is 1.99. The van der Waals surface area contributed by atoms with Crippen molar-refractivity contribution >= 4 is 17.6 Å². The molecule has 0 radical (unpaired) electrons. The van der Waals surface area contributed by atoms with Gasteiger partial charge in [-0.3, -0.25) is 9.59 Å². The van der Waals surface area contributed by atoms with Crippen LogP contribution in [0, 0.1) is 0 Å². The van der Waals surface area contributed by atoms with E-state index in [4.69, 9.17) is 5.11 Å². The summed E-state index contributed by atoms with van der Waals surface area (Å²) >= 11 is 0. The Labute approximate surface area is 119 Å². The Balaban J connectivity index is 1.73. The van der Waals surface area contributed by atoms with Gasteiger partial charge in [0, 0.05) is 11.3 Å². The molecule has 1 amide bonds. The molecule has 1 aliphatic rings. The summed E-state index contributed by atoms with van der Waals surface area (Å²) in [5.41, 5.74) is 1.39. The quantitative estimate of drug-likeness (QED) is 0.796. The third-order valence-corrected chi connectivity index (χ3v) is 3.12. The molecule has 0 atom stereocenters. The van der Waals surface area contributed by atoms with Crippen LogP contribution in [0.15, 0.2) is 24.3 Å². The summed E-state index contributed by atoms with van der Waals surface area (Å²) in [6.07, 6.45) is 1.62. The van der Waals surface area contributed by atoms with Crippen molar-refractivity contribution in [3.8, 4) is 11.4 Å². The third-order valence-electron chi connectivity index (χ3n) is 3.12. The SMILES string of the molecule is O=C(O)CC(=O)Nc1ccc(-c2nnnn2C2CC2)cc1. The molecule has 1 aromatic carbocycles. The van der Waals surface area contributed by atoms with Crippen LogP contribution < -0.4 is 5.32 Å². The number of aliphatic carboxylic acids is 1. The van der Waals surface area contributed by atoms with Crippen molar-refractivity contribution in [2.24, 2.45) is 0 Å². The minimum atomic E-state index is -1.16. The van der Waals surface area contributed by atoms with E-state index in [2.05, 4.69) is 20.8 Å². The van der Waals surface area contributed by atoms with E-state index in [0.717, 1.165) is 18.4 Å². The Hall–Kier alpha value is -2.77. The van der Waals surface area contributed by atoms with Crippen molar-refractivity contribution in [3.63, 3.8) is 0 Å². The average molecular weight is 287 g/mol. The second kappa shape index (κ2) is 5.31. The topological polar surface area (TPSA) is 110 Å². The van der Waals surface area contributed by atoms with Crippen LogP contribution in [0.5, 0.6) is 0 Å². The maximum atomic E-state index is 11.4. The van der Waals surface area contributed by atoms with Crippen LogP contribution in [-0.2, 0) is 9.59 Å². The van der Waals surface area contributed by atoms with E-state index >= 15 is 0 Å². The first-order valence-corrected chi connectivity index (χ1v) is 6.53. The molecule has 3 rings (SSSR count). The summed E-state index contributed by atoms with van der Waals surface area (Å²) in [7, 11) is 0. The normalized spacial score (nSPS) is 13.9. The highest BCUT2D eigenvalue weighted by atomic mass is 16.4. The summed E-state index contributed by atoms with van der Waals surface area (Å²) < 4.78 is 1.80. The van der Waals surface area contributed by atoms with E-state index in [1.165, 1.54) is 0 Å². The largest absolute Gasteiger partial charge is 0.481 e. The lowest BCUT2D eigenvalue weighted by molar-refractivity contribution is -0.139. The van der Waals surface area contributed by atoms with E-state index in [0.29, 0.717) is 17.6 Å². The standard InChI is InChI=1S/C13H13N5O3/c19-11(7-12(20)21)14-9-3-1-8(2-4-9)13-15-16-17-18(13)10-5-6-10/h1-4,10H,5-7H2,(H,14,19)(H,20,21). The Morgan fingerprint density at radius 1 is 1.29 bits per heavy atom. The molecule has 0 unspecified atom stereocenters. The van der Waals surface area contributed by atoms with Crippen LogP contribution in [-0.4, -0.2) is 37.2 Å². The Morgan fingerprint density at radius 3 is 2.62 bits per heavy atom. The maximum absolute atomic E-state index is 11.4. The van der Waals surface area contributed by atoms with Crippen LogP contribution in [0.1, 0.15) is 25.3 Å². The molecule has 0 spiro atoms. The van der Waals surface area contributed by atoms with Gasteiger partial charge >= 0.3 is 5.97 Å². The number of carbonyl (C=O) groups is 2. The number of carboxylic acid groups (broad SMARTS) is 1. The second-order valence-corrected chi connectivity index (χ2v) is 4.87. The van der Waals surface area contributed by atoms with Crippen molar-refractivity contribution in [2.75, 3.05) is 5.32 Å². The fraction of sp³-hybridized carbons (Fsp3) is 0.308. The van der Waals surface area contributed by atoms with E-state index in [1.54, 1.807) is 28.9 Å². The molecule has 0 bridgehead atoms. The van der Waals surface area contributed by atoms with Gasteiger partial charge in [-0.05, 0) is 47.5 Å². The van der Waals surface area contributed by atoms with Gasteiger partial charge in [-0.25, -0.2) is 4.68 Å². The molecule has 1 heterocycles. The first-order valence-electron chi connectivity index (χ1n) is 6.53. The molecule has 0 saturated heterocycles. The number of nitrogens with zero attached hydrogens (tertiary/aromatic N) is 4. The van der Waals surface area contributed by atoms with Crippen LogP contribution >= 0.6 is 0 Å². The second-order valence-electron chi connectivity index (χ2n) is 4.87. The minimum absolute atomic E-state index is 0.380. The fourth-order valence-corrected chi connectivity index (χ4v) is 1.99. The lowest BCUT2D eigenvalue weighted by atomic mass is 10.2. The summed E-state index contributed by atoms with van der Waals surface area (Å²) in [4.78, 5) is 21.8. The van der Waals surface area contributed by atoms with E-state index in [9.17, 15) is 9.59 Å². The van der Waals surface area contributed by atoms with Gasteiger partial charge in [-0.2, -0.15) is 0 Å². The minimum Gasteiger partial charge on any atom is -0.481 e. The van der Waals surface area contributed by atoms with E-state index < -0.39 is 18.3 Å². The number of hydrogen-bond acceptors (Lipinski definition) is 5. The van der Waals surface area contributed by atoms with Gasteiger partial charge in [0.15, 0.2) is 5.82 Å². The average Bonchev–Trinajstić information content (AvgIpc) is 3.16. The number of hydrogen-bond donors (Lipinski definition) is 2. The van der Waals surface area contributed by atoms with Gasteiger partial charge in [-0.1, -0.05) is 0 Å². The summed E-state index contributed by atoms with van der Waals surface area (Å²) in [5.74, 6) is -1.02. The lowest BCUT2D eigenvalue weighted by Gasteiger charge is -2.06. The molecule has 8 nitrogen and oxygen atoms in total. The van der Waals surface area contributed by atoms with Crippen molar-refractivity contribution in [3.05, 3.63) is 24.3 Å². The number of benzene rings is 1. The Kier molecular flexibility index (Phi) is 3.35. The summed E-state index contributed by atoms with van der Waals surface area (Å²) in [6, 6.07) is 7.36. The monoisotopic (exact) mass is 287 g/mol. The molecule has 21 heavy (non-hydrogen) atoms. The third kappa shape index (κ3) is 3.04. The van der Waals surface area contributed by atoms with Crippen molar-refractivity contribution in [1.82, 2.24) is 20.2 Å². The predicted octanol–water partition coefficient (Wildman–Crippen LogP) is 1.09. The van der Waals surface area contributed by atoms with E-state index in [-0.39, 0.29) is 0 Å². The first kappa shape index (κ1) is 13.2. The first-order chi connectivity index (χ1) is 10.1. The predicted molar refractivity (Wildman–Crippen MR) is 72.4 cm³/mol. The molecular formula is C13H13N5O3. The number of tetrazole rings is 1. The number of amides is 1. The zero-order chi connectivity index (χ0) is 14.8. The zero-order valence-corrected chi connectivity index (χ0v) is 11.1. The molecule has 1 aliphatic carbocycles. The van der Waals surface area contributed by atoms with Gasteiger partial charge in [0.05, 0.1) is 6.04 Å². The molecule has 108 valence electrons. The Morgan fingerprint density at radius 2 is 2.00 bits per heavy atom. The zero-order valence-electron chi connectivity index (χ0n) is 11.1. The van der Waals surface area contributed by atoms with Gasteiger partial charge in [0.2, 0.25) is 5.91 Å². The molecular weight excluding hydrogens is 274 g/mol. The molecule has 2 N–H and O–H groups in total. The number of anilines is 1. The number of aromatic nitrogens is 4. The van der Waals surface area contributed by atoms with Gasteiger partial charge in [0.25, 0.3) is 0 Å². The van der Waals surface area contributed by atoms with Crippen LogP contribution in [0.2, 0.25) is 0 Å². The van der Waals surface area contributed by atoms with Crippen molar-refractivity contribution in [2.45, 2.75) is 25.3 Å². The number of carboxylic acids is 1. The highest BCUT2D eigenvalue weighted by Gasteiger charge is 2.28. The molecule has 0 aliphatic heterocycles. The number of rotatable bonds is 5. The highest BCUT2D eigenvalue weighted by Crippen LogP contribution is 2.36. The number of carbonyl (C=O) groups excluding carboxylic acids is 1. The number of nitrogens with one attached hydrogen (secondary N) is 1. The van der Waals surface area contributed by atoms with Crippen molar-refractivity contribution < 1.29 is 14.7 Å². The summed E-state index contributed by atoms with van der Waals surface area (Å²) in [6.45, 7) is 0. The Bertz CT molecular complexity index is 675. The molecule has 1 fully saturated rings. The smallest absolute Gasteiger partial charge is 0.312 e. The van der Waals surface area contributed by atoms with Crippen LogP contribution in [0.4, 0.5) is 5.69 Å². The maximum Gasteiger partial charge on any atom is 0.312 e. The lowest BCUT2D eigenvalue weighted by Crippen LogP contribution is -2.15. The highest BCUT2D eigenvalue weighted by molar-refractivity contribution is 6.01. The van der Waals surface area contributed by atoms with E-state index in [1.807, 2.05) is 0 Å². The van der Waals surface area contributed by atoms with Crippen LogP contribution in [0.25, 0.3) is 11.4 Å². The molecule has 2 aromatic rings. The van der Waals surface area contributed by atoms with Gasteiger partial charge < -0.3 is 10.4 Å². The van der Waals surface area contributed by atoms with Gasteiger partial charge in [-0.15, -0.1) is 5.10 Å². The molecule has 1 aromatic heterocycles. The van der Waals surface area contributed by atoms with Crippen molar-refractivity contribution in [1.29, 1.82) is 0 Å². The summed E-state index contributed by atoms with van der Waals surface area (Å²) in [5, 5.41) is 22.7. The van der Waals surface area contributed by atoms with Gasteiger partial charge in [0.1, 0.15) is 6.42 Å². The van der Waals surface area contributed by atoms with Crippen LogP contribution in [0.3, 0.4) is 0 Å². The molecule has 8 heteroatoms. The molecule has 1 saturated carbocycles.